The number of nitrogens with one attached hydrogen (secondary N) is 1. The van der Waals surface area contributed by atoms with Gasteiger partial charge in [-0.3, -0.25) is 9.63 Å². The summed E-state index contributed by atoms with van der Waals surface area (Å²) in [5.74, 6) is 1.73. The second-order valence-electron chi connectivity index (χ2n) is 2.27. The fourth-order valence-corrected chi connectivity index (χ4v) is 0.959. The van der Waals surface area contributed by atoms with E-state index in [0.717, 1.165) is 0 Å². The van der Waals surface area contributed by atoms with E-state index in [2.05, 4.69) is 21.2 Å². The summed E-state index contributed by atoms with van der Waals surface area (Å²) in [5, 5.41) is 0.120. The molecule has 1 rings (SSSR count). The molecular formula is C9H7ClN2O2. The second kappa shape index (κ2) is 5.22. The monoisotopic (exact) mass is 210 g/mol. The van der Waals surface area contributed by atoms with Crippen molar-refractivity contribution in [1.82, 2.24) is 10.5 Å². The van der Waals surface area contributed by atoms with Gasteiger partial charge in [0.05, 0.1) is 5.56 Å². The standard InChI is InChI=1S/C9H7ClN2O2/c1-2-6-14-12-9(13)7-4-3-5-11-8(7)10/h1,3-5H,6H2,(H,12,13). The molecule has 1 N–H and O–H groups in total. The van der Waals surface area contributed by atoms with Crippen LogP contribution in [0.3, 0.4) is 0 Å². The van der Waals surface area contributed by atoms with Crippen LogP contribution in [0.2, 0.25) is 5.15 Å². The van der Waals surface area contributed by atoms with E-state index in [9.17, 15) is 4.79 Å². The largest absolute Gasteiger partial charge is 0.278 e. The van der Waals surface area contributed by atoms with Crippen molar-refractivity contribution in [2.45, 2.75) is 0 Å². The maximum atomic E-state index is 11.3. The van der Waals surface area contributed by atoms with E-state index in [-0.39, 0.29) is 17.3 Å². The highest BCUT2D eigenvalue weighted by atomic mass is 35.5. The number of pyridine rings is 1. The minimum absolute atomic E-state index is 0.00359. The first-order chi connectivity index (χ1) is 6.75. The lowest BCUT2D eigenvalue weighted by atomic mass is 10.3. The van der Waals surface area contributed by atoms with Crippen LogP contribution in [0.4, 0.5) is 0 Å². The van der Waals surface area contributed by atoms with Crippen LogP contribution in [0, 0.1) is 12.3 Å². The third-order valence-electron chi connectivity index (χ3n) is 1.32. The summed E-state index contributed by atoms with van der Waals surface area (Å²) in [5.41, 5.74) is 2.38. The van der Waals surface area contributed by atoms with Crippen molar-refractivity contribution in [3.63, 3.8) is 0 Å². The predicted molar refractivity (Wildman–Crippen MR) is 51.5 cm³/mol. The van der Waals surface area contributed by atoms with Crippen molar-refractivity contribution in [3.05, 3.63) is 29.0 Å². The maximum Gasteiger partial charge on any atom is 0.278 e. The molecule has 1 aromatic heterocycles. The molecule has 4 nitrogen and oxygen atoms in total. The Labute approximate surface area is 86.2 Å². The summed E-state index contributed by atoms with van der Waals surface area (Å²) in [6, 6.07) is 3.13. The number of hydroxylamine groups is 1. The summed E-state index contributed by atoms with van der Waals surface area (Å²) >= 11 is 5.66. The van der Waals surface area contributed by atoms with Gasteiger partial charge >= 0.3 is 0 Å². The molecule has 1 amide bonds. The van der Waals surface area contributed by atoms with Gasteiger partial charge in [-0.25, -0.2) is 10.5 Å². The Morgan fingerprint density at radius 2 is 2.57 bits per heavy atom. The molecule has 1 heterocycles. The third-order valence-corrected chi connectivity index (χ3v) is 1.63. The molecular weight excluding hydrogens is 204 g/mol. The van der Waals surface area contributed by atoms with Gasteiger partial charge < -0.3 is 0 Å². The summed E-state index contributed by atoms with van der Waals surface area (Å²) in [7, 11) is 0. The van der Waals surface area contributed by atoms with Crippen molar-refractivity contribution in [3.8, 4) is 12.3 Å². The van der Waals surface area contributed by atoms with Gasteiger partial charge in [-0.2, -0.15) is 0 Å². The first kappa shape index (κ1) is 10.5. The predicted octanol–water partition coefficient (Wildman–Crippen LogP) is 1.03. The van der Waals surface area contributed by atoms with Crippen molar-refractivity contribution in [2.24, 2.45) is 0 Å². The number of halogens is 1. The SMILES string of the molecule is C#CCONC(=O)c1cccnc1Cl. The Kier molecular flexibility index (Phi) is 3.92. The lowest BCUT2D eigenvalue weighted by Crippen LogP contribution is -2.24. The van der Waals surface area contributed by atoms with Gasteiger partial charge in [0.1, 0.15) is 11.8 Å². The number of carbonyl (C=O) groups excluding carboxylic acids is 1. The van der Waals surface area contributed by atoms with Gasteiger partial charge in [0.15, 0.2) is 0 Å². The molecule has 0 unspecified atom stereocenters. The molecule has 72 valence electrons. The molecule has 0 fully saturated rings. The van der Waals surface area contributed by atoms with E-state index in [1.807, 2.05) is 0 Å². The number of rotatable bonds is 3. The van der Waals surface area contributed by atoms with E-state index >= 15 is 0 Å². The molecule has 0 aliphatic heterocycles. The Balaban J connectivity index is 2.62. The quantitative estimate of drug-likeness (QED) is 0.351. The van der Waals surface area contributed by atoms with Gasteiger partial charge in [0, 0.05) is 6.20 Å². The van der Waals surface area contributed by atoms with Crippen molar-refractivity contribution in [1.29, 1.82) is 0 Å². The molecule has 0 saturated heterocycles. The van der Waals surface area contributed by atoms with Gasteiger partial charge in [-0.15, -0.1) is 6.42 Å². The molecule has 0 atom stereocenters. The van der Waals surface area contributed by atoms with Crippen LogP contribution in [-0.2, 0) is 4.84 Å². The number of carbonyl (C=O) groups is 1. The summed E-state index contributed by atoms with van der Waals surface area (Å²) in [4.78, 5) is 19.7. The van der Waals surface area contributed by atoms with Crippen LogP contribution >= 0.6 is 11.6 Å². The number of hydrogen-bond acceptors (Lipinski definition) is 3. The van der Waals surface area contributed by atoms with E-state index in [4.69, 9.17) is 18.0 Å². The highest BCUT2D eigenvalue weighted by Gasteiger charge is 2.09. The molecule has 0 aliphatic rings. The number of amides is 1. The Morgan fingerprint density at radius 3 is 3.21 bits per heavy atom. The number of aromatic nitrogens is 1. The summed E-state index contributed by atoms with van der Waals surface area (Å²) < 4.78 is 0. The second-order valence-corrected chi connectivity index (χ2v) is 2.62. The molecule has 0 saturated carbocycles. The van der Waals surface area contributed by atoms with Crippen LogP contribution in [0.1, 0.15) is 10.4 Å². The summed E-state index contributed by atoms with van der Waals surface area (Å²) in [6.45, 7) is 0.00359. The summed E-state index contributed by atoms with van der Waals surface area (Å²) in [6.07, 6.45) is 6.41. The van der Waals surface area contributed by atoms with Crippen molar-refractivity contribution >= 4 is 17.5 Å². The smallest absolute Gasteiger partial charge is 0.267 e. The van der Waals surface area contributed by atoms with Gasteiger partial charge in [0.2, 0.25) is 0 Å². The molecule has 0 aliphatic carbocycles. The first-order valence-electron chi connectivity index (χ1n) is 3.72. The average Bonchev–Trinajstić information content (AvgIpc) is 2.18. The molecule has 1 aromatic rings. The van der Waals surface area contributed by atoms with Crippen molar-refractivity contribution < 1.29 is 9.63 Å². The third kappa shape index (κ3) is 2.73. The molecule has 0 aromatic carbocycles. The molecule has 14 heavy (non-hydrogen) atoms. The highest BCUT2D eigenvalue weighted by molar-refractivity contribution is 6.32. The Morgan fingerprint density at radius 1 is 1.79 bits per heavy atom. The van der Waals surface area contributed by atoms with E-state index in [0.29, 0.717) is 0 Å². The minimum atomic E-state index is -0.474. The Bertz CT molecular complexity index is 373. The van der Waals surface area contributed by atoms with Gasteiger partial charge in [0.25, 0.3) is 5.91 Å². The van der Waals surface area contributed by atoms with Crippen molar-refractivity contribution in [2.75, 3.05) is 6.61 Å². The number of nitrogens with zero attached hydrogens (tertiary/aromatic N) is 1. The lowest BCUT2D eigenvalue weighted by molar-refractivity contribution is 0.0438. The van der Waals surface area contributed by atoms with E-state index in [1.54, 1.807) is 6.07 Å². The van der Waals surface area contributed by atoms with E-state index < -0.39 is 5.91 Å². The fourth-order valence-electron chi connectivity index (χ4n) is 0.754. The lowest BCUT2D eigenvalue weighted by Gasteiger charge is -2.03. The van der Waals surface area contributed by atoms with Crippen LogP contribution < -0.4 is 5.48 Å². The number of hydrogen-bond donors (Lipinski definition) is 1. The average molecular weight is 211 g/mol. The normalized spacial score (nSPS) is 9.14. The zero-order valence-electron chi connectivity index (χ0n) is 7.16. The minimum Gasteiger partial charge on any atom is -0.267 e. The molecule has 0 radical (unpaired) electrons. The van der Waals surface area contributed by atoms with Crippen LogP contribution in [0.5, 0.6) is 0 Å². The van der Waals surface area contributed by atoms with Gasteiger partial charge in [-0.05, 0) is 12.1 Å². The Hall–Kier alpha value is -1.57. The zero-order valence-corrected chi connectivity index (χ0v) is 7.91. The molecule has 5 heteroatoms. The first-order valence-corrected chi connectivity index (χ1v) is 4.09. The van der Waals surface area contributed by atoms with Crippen LogP contribution in [-0.4, -0.2) is 17.5 Å². The van der Waals surface area contributed by atoms with Crippen LogP contribution in [0.15, 0.2) is 18.3 Å². The highest BCUT2D eigenvalue weighted by Crippen LogP contribution is 2.10. The topological polar surface area (TPSA) is 51.2 Å². The number of terminal acetylenes is 1. The maximum absolute atomic E-state index is 11.3. The van der Waals surface area contributed by atoms with Gasteiger partial charge in [-0.1, -0.05) is 17.5 Å². The molecule has 0 bridgehead atoms. The molecule has 0 spiro atoms. The zero-order chi connectivity index (χ0) is 10.4. The van der Waals surface area contributed by atoms with E-state index in [1.165, 1.54) is 12.3 Å². The van der Waals surface area contributed by atoms with Crippen LogP contribution in [0.25, 0.3) is 0 Å². The fraction of sp³-hybridized carbons (Fsp3) is 0.111.